The average molecular weight is 557 g/mol. The normalized spacial score (nSPS) is 20.9. The Hall–Kier alpha value is -3.43. The molecular weight excluding hydrogens is 516 g/mol. The maximum absolute atomic E-state index is 11.2. The zero-order valence-corrected chi connectivity index (χ0v) is 23.5. The van der Waals surface area contributed by atoms with E-state index in [9.17, 15) is 9.90 Å². The fourth-order valence-corrected chi connectivity index (χ4v) is 5.69. The van der Waals surface area contributed by atoms with Crippen molar-refractivity contribution in [3.63, 3.8) is 0 Å². The van der Waals surface area contributed by atoms with Crippen molar-refractivity contribution in [2.75, 3.05) is 26.2 Å². The second kappa shape index (κ2) is 14.5. The first-order valence-electron chi connectivity index (χ1n) is 14.6. The first kappa shape index (κ1) is 29.1. The molecule has 5 rings (SSSR count). The fourth-order valence-electron chi connectivity index (χ4n) is 5.69. The molecule has 8 nitrogen and oxygen atoms in total. The quantitative estimate of drug-likeness (QED) is 0.261. The standard InChI is InChI=1S/C33H40N4O4/c38-32(39)24-37-19-16-33(17-20-37,40-25-28-9-5-2-6-10-28)22-30-21-31(36-41-30)29-13-11-27(12-14-29)23-35-34-18-15-26-7-3-1-4-8-26/h1-14,30-31,36H,15-25H2,(H,38,39). The number of nitrogens with zero attached hydrogens (tertiary/aromatic N) is 3. The molecule has 2 aliphatic rings. The van der Waals surface area contributed by atoms with E-state index in [1.54, 1.807) is 0 Å². The van der Waals surface area contributed by atoms with E-state index in [0.29, 0.717) is 32.8 Å². The van der Waals surface area contributed by atoms with Crippen molar-refractivity contribution in [3.8, 4) is 0 Å². The maximum Gasteiger partial charge on any atom is 0.317 e. The van der Waals surface area contributed by atoms with Crippen molar-refractivity contribution in [3.05, 3.63) is 107 Å². The van der Waals surface area contributed by atoms with Gasteiger partial charge in [0.1, 0.15) is 0 Å². The van der Waals surface area contributed by atoms with Gasteiger partial charge in [0.05, 0.1) is 44.0 Å². The largest absolute Gasteiger partial charge is 0.480 e. The molecular formula is C33H40N4O4. The van der Waals surface area contributed by atoms with Gasteiger partial charge in [0.25, 0.3) is 0 Å². The summed E-state index contributed by atoms with van der Waals surface area (Å²) in [4.78, 5) is 19.3. The maximum atomic E-state index is 11.2. The van der Waals surface area contributed by atoms with Crippen molar-refractivity contribution >= 4 is 5.97 Å². The summed E-state index contributed by atoms with van der Waals surface area (Å²) in [7, 11) is 0. The topological polar surface area (TPSA) is 95.8 Å². The number of aliphatic carboxylic acids is 1. The lowest BCUT2D eigenvalue weighted by molar-refractivity contribution is -0.143. The molecule has 2 aliphatic heterocycles. The molecule has 41 heavy (non-hydrogen) atoms. The van der Waals surface area contributed by atoms with E-state index in [1.165, 1.54) is 11.1 Å². The highest BCUT2D eigenvalue weighted by molar-refractivity contribution is 5.69. The number of ether oxygens (including phenoxy) is 1. The lowest BCUT2D eigenvalue weighted by Gasteiger charge is -2.42. The van der Waals surface area contributed by atoms with Crippen molar-refractivity contribution in [2.24, 2.45) is 10.2 Å². The third kappa shape index (κ3) is 8.78. The van der Waals surface area contributed by atoms with Gasteiger partial charge in [0, 0.05) is 19.5 Å². The van der Waals surface area contributed by atoms with Crippen LogP contribution in [0.5, 0.6) is 0 Å². The van der Waals surface area contributed by atoms with Crippen LogP contribution in [0.1, 0.15) is 54.0 Å². The van der Waals surface area contributed by atoms with Crippen LogP contribution in [0.2, 0.25) is 0 Å². The molecule has 0 aliphatic carbocycles. The van der Waals surface area contributed by atoms with Gasteiger partial charge in [0.2, 0.25) is 0 Å². The number of likely N-dealkylation sites (tertiary alicyclic amines) is 1. The number of nitrogens with one attached hydrogen (secondary N) is 1. The molecule has 2 unspecified atom stereocenters. The van der Waals surface area contributed by atoms with Crippen molar-refractivity contribution in [1.29, 1.82) is 0 Å². The Bertz CT molecular complexity index is 1250. The number of piperidine rings is 1. The average Bonchev–Trinajstić information content (AvgIpc) is 3.46. The van der Waals surface area contributed by atoms with E-state index >= 15 is 0 Å². The summed E-state index contributed by atoms with van der Waals surface area (Å²) in [5.41, 5.74) is 7.64. The van der Waals surface area contributed by atoms with Gasteiger partial charge in [-0.25, -0.2) is 0 Å². The predicted octanol–water partition coefficient (Wildman–Crippen LogP) is 5.74. The number of carboxylic acids is 1. The molecule has 3 aromatic rings. The number of carbonyl (C=O) groups is 1. The summed E-state index contributed by atoms with van der Waals surface area (Å²) in [5, 5.41) is 17.9. The Morgan fingerprint density at radius 2 is 1.61 bits per heavy atom. The van der Waals surface area contributed by atoms with Crippen LogP contribution < -0.4 is 5.48 Å². The summed E-state index contributed by atoms with van der Waals surface area (Å²) < 4.78 is 6.61. The van der Waals surface area contributed by atoms with Gasteiger partial charge in [-0.05, 0) is 47.9 Å². The predicted molar refractivity (Wildman–Crippen MR) is 157 cm³/mol. The SMILES string of the molecule is O=C(O)CN1CCC(CC2CC(c3ccc(CN=NCCc4ccccc4)cc3)NO2)(OCc2ccccc2)CC1. The second-order valence-electron chi connectivity index (χ2n) is 11.1. The van der Waals surface area contributed by atoms with Gasteiger partial charge >= 0.3 is 5.97 Å². The van der Waals surface area contributed by atoms with Gasteiger partial charge in [-0.15, -0.1) is 0 Å². The van der Waals surface area contributed by atoms with Crippen LogP contribution in [-0.2, 0) is 33.9 Å². The molecule has 0 saturated carbocycles. The van der Waals surface area contributed by atoms with Crippen LogP contribution >= 0.6 is 0 Å². The zero-order chi connectivity index (χ0) is 28.3. The third-order valence-corrected chi connectivity index (χ3v) is 8.07. The Kier molecular flexibility index (Phi) is 10.3. The van der Waals surface area contributed by atoms with Crippen LogP contribution in [0.25, 0.3) is 0 Å². The Morgan fingerprint density at radius 3 is 2.29 bits per heavy atom. The summed E-state index contributed by atoms with van der Waals surface area (Å²) in [6.07, 6.45) is 4.11. The lowest BCUT2D eigenvalue weighted by Crippen LogP contribution is -2.49. The molecule has 2 heterocycles. The molecule has 0 bridgehead atoms. The van der Waals surface area contributed by atoms with Crippen molar-refractivity contribution < 1.29 is 19.5 Å². The summed E-state index contributed by atoms with van der Waals surface area (Å²) >= 11 is 0. The Morgan fingerprint density at radius 1 is 0.927 bits per heavy atom. The summed E-state index contributed by atoms with van der Waals surface area (Å²) in [6, 6.07) is 29.2. The molecule has 2 atom stereocenters. The van der Waals surface area contributed by atoms with Gasteiger partial charge in [-0.3, -0.25) is 14.5 Å². The van der Waals surface area contributed by atoms with E-state index in [0.717, 1.165) is 43.2 Å². The number of benzene rings is 3. The molecule has 3 aromatic carbocycles. The number of rotatable bonds is 13. The van der Waals surface area contributed by atoms with E-state index in [1.807, 2.05) is 41.3 Å². The fraction of sp³-hybridized carbons (Fsp3) is 0.424. The summed E-state index contributed by atoms with van der Waals surface area (Å²) in [5.74, 6) is -0.786. The smallest absolute Gasteiger partial charge is 0.317 e. The molecule has 216 valence electrons. The molecule has 0 spiro atoms. The highest BCUT2D eigenvalue weighted by Crippen LogP contribution is 2.37. The van der Waals surface area contributed by atoms with Gasteiger partial charge < -0.3 is 9.84 Å². The van der Waals surface area contributed by atoms with Gasteiger partial charge in [0.15, 0.2) is 0 Å². The van der Waals surface area contributed by atoms with Crippen LogP contribution in [0, 0.1) is 0 Å². The number of carboxylic acid groups (broad SMARTS) is 1. The molecule has 2 fully saturated rings. The van der Waals surface area contributed by atoms with E-state index in [4.69, 9.17) is 9.57 Å². The molecule has 8 heteroatoms. The van der Waals surface area contributed by atoms with Gasteiger partial charge in [-0.2, -0.15) is 15.7 Å². The number of hydrogen-bond acceptors (Lipinski definition) is 7. The zero-order valence-electron chi connectivity index (χ0n) is 23.5. The third-order valence-electron chi connectivity index (χ3n) is 8.07. The molecule has 0 radical (unpaired) electrons. The van der Waals surface area contributed by atoms with Crippen LogP contribution in [0.15, 0.2) is 95.2 Å². The van der Waals surface area contributed by atoms with Crippen LogP contribution in [0.3, 0.4) is 0 Å². The number of hydrogen-bond donors (Lipinski definition) is 2. The minimum atomic E-state index is -0.786. The van der Waals surface area contributed by atoms with Crippen molar-refractivity contribution in [2.45, 2.75) is 63.0 Å². The highest BCUT2D eigenvalue weighted by Gasteiger charge is 2.41. The van der Waals surface area contributed by atoms with Crippen molar-refractivity contribution in [1.82, 2.24) is 10.4 Å². The van der Waals surface area contributed by atoms with E-state index in [2.05, 4.69) is 64.2 Å². The number of azo groups is 1. The molecule has 0 amide bonds. The second-order valence-corrected chi connectivity index (χ2v) is 11.1. The molecule has 2 saturated heterocycles. The Balaban J connectivity index is 1.12. The molecule has 0 aromatic heterocycles. The van der Waals surface area contributed by atoms with Crippen LogP contribution in [0.4, 0.5) is 0 Å². The van der Waals surface area contributed by atoms with Crippen LogP contribution in [-0.4, -0.2) is 53.9 Å². The Labute approximate surface area is 242 Å². The summed E-state index contributed by atoms with van der Waals surface area (Å²) in [6.45, 7) is 3.29. The highest BCUT2D eigenvalue weighted by atomic mass is 16.7. The first-order chi connectivity index (χ1) is 20.1. The van der Waals surface area contributed by atoms with Gasteiger partial charge in [-0.1, -0.05) is 84.9 Å². The van der Waals surface area contributed by atoms with E-state index < -0.39 is 5.97 Å². The minimum Gasteiger partial charge on any atom is -0.480 e. The number of hydroxylamine groups is 1. The minimum absolute atomic E-state index is 0.0138. The lowest BCUT2D eigenvalue weighted by atomic mass is 9.84. The van der Waals surface area contributed by atoms with E-state index in [-0.39, 0.29) is 24.3 Å². The first-order valence-corrected chi connectivity index (χ1v) is 14.6. The molecule has 2 N–H and O–H groups in total. The monoisotopic (exact) mass is 556 g/mol.